The van der Waals surface area contributed by atoms with E-state index in [1.54, 1.807) is 0 Å². The predicted molar refractivity (Wildman–Crippen MR) is 72.0 cm³/mol. The minimum Gasteiger partial charge on any atom is -0.481 e. The molecule has 8 nitrogen and oxygen atoms in total. The van der Waals surface area contributed by atoms with Crippen molar-refractivity contribution < 1.29 is 27.9 Å². The molecule has 0 aromatic heterocycles. The van der Waals surface area contributed by atoms with E-state index in [4.69, 9.17) is 5.11 Å². The van der Waals surface area contributed by atoms with Crippen LogP contribution in [0.1, 0.15) is 32.6 Å². The van der Waals surface area contributed by atoms with E-state index < -0.39 is 27.7 Å². The van der Waals surface area contributed by atoms with Gasteiger partial charge in [0.25, 0.3) is 0 Å². The van der Waals surface area contributed by atoms with E-state index in [0.717, 1.165) is 0 Å². The molecule has 0 aliphatic rings. The number of imide groups is 1. The van der Waals surface area contributed by atoms with Crippen LogP contribution in [0, 0.1) is 0 Å². The summed E-state index contributed by atoms with van der Waals surface area (Å²) in [5.74, 6) is -1.63. The Balaban J connectivity index is 3.75. The topological polar surface area (TPSA) is 130 Å². The van der Waals surface area contributed by atoms with Gasteiger partial charge in [0.05, 0.1) is 5.75 Å². The van der Waals surface area contributed by atoms with Crippen molar-refractivity contribution in [3.8, 4) is 0 Å². The SMILES string of the molecule is CCS(=O)(=O)CCNC(=O)NC(=O)CCCCC(=O)O. The summed E-state index contributed by atoms with van der Waals surface area (Å²) in [6.07, 6.45) is 0.761. The molecule has 0 radical (unpaired) electrons. The van der Waals surface area contributed by atoms with Gasteiger partial charge in [0.2, 0.25) is 5.91 Å². The maximum Gasteiger partial charge on any atom is 0.321 e. The Kier molecular flexibility index (Phi) is 8.53. The number of carbonyl (C=O) groups excluding carboxylic acids is 2. The van der Waals surface area contributed by atoms with Crippen LogP contribution in [-0.2, 0) is 19.4 Å². The van der Waals surface area contributed by atoms with Crippen LogP contribution in [0.25, 0.3) is 0 Å². The lowest BCUT2D eigenvalue weighted by atomic mass is 10.2. The molecule has 0 rings (SSSR count). The third kappa shape index (κ3) is 10.3. The first kappa shape index (κ1) is 18.4. The maximum atomic E-state index is 11.3. The molecule has 116 valence electrons. The van der Waals surface area contributed by atoms with E-state index in [1.165, 1.54) is 6.92 Å². The summed E-state index contributed by atoms with van der Waals surface area (Å²) in [6, 6.07) is -0.750. The van der Waals surface area contributed by atoms with Gasteiger partial charge in [-0.25, -0.2) is 13.2 Å². The van der Waals surface area contributed by atoms with Crippen LogP contribution >= 0.6 is 0 Å². The Morgan fingerprint density at radius 1 is 1.10 bits per heavy atom. The van der Waals surface area contributed by atoms with Gasteiger partial charge in [-0.2, -0.15) is 0 Å². The van der Waals surface area contributed by atoms with E-state index in [0.29, 0.717) is 12.8 Å². The lowest BCUT2D eigenvalue weighted by molar-refractivity contribution is -0.137. The zero-order valence-electron chi connectivity index (χ0n) is 11.3. The number of carbonyl (C=O) groups is 3. The third-order valence-corrected chi connectivity index (χ3v) is 4.14. The number of carboxylic acids is 1. The van der Waals surface area contributed by atoms with E-state index in [1.807, 2.05) is 5.32 Å². The molecule has 9 heteroatoms. The van der Waals surface area contributed by atoms with Gasteiger partial charge in [0, 0.05) is 25.1 Å². The van der Waals surface area contributed by atoms with E-state index in [2.05, 4.69) is 5.32 Å². The molecule has 0 saturated heterocycles. The quantitative estimate of drug-likeness (QED) is 0.510. The minimum atomic E-state index is -3.15. The van der Waals surface area contributed by atoms with E-state index >= 15 is 0 Å². The normalized spacial score (nSPS) is 10.8. The molecule has 0 fully saturated rings. The molecule has 0 spiro atoms. The molecule has 0 heterocycles. The smallest absolute Gasteiger partial charge is 0.321 e. The molecular weight excluding hydrogens is 288 g/mol. The van der Waals surface area contributed by atoms with Crippen molar-refractivity contribution in [2.45, 2.75) is 32.6 Å². The van der Waals surface area contributed by atoms with Gasteiger partial charge in [-0.3, -0.25) is 14.9 Å². The fourth-order valence-electron chi connectivity index (χ4n) is 1.26. The highest BCUT2D eigenvalue weighted by atomic mass is 32.2. The summed E-state index contributed by atoms with van der Waals surface area (Å²) in [5.41, 5.74) is 0. The molecule has 0 atom stereocenters. The fraction of sp³-hybridized carbons (Fsp3) is 0.727. The van der Waals surface area contributed by atoms with Crippen molar-refractivity contribution in [2.24, 2.45) is 0 Å². The first-order chi connectivity index (χ1) is 9.26. The average Bonchev–Trinajstić information content (AvgIpc) is 2.34. The number of amides is 3. The summed E-state index contributed by atoms with van der Waals surface area (Å²) in [7, 11) is -3.15. The second-order valence-corrected chi connectivity index (χ2v) is 6.61. The highest BCUT2D eigenvalue weighted by Gasteiger charge is 2.10. The van der Waals surface area contributed by atoms with Gasteiger partial charge in [-0.15, -0.1) is 0 Å². The van der Waals surface area contributed by atoms with Crippen molar-refractivity contribution in [2.75, 3.05) is 18.1 Å². The highest BCUT2D eigenvalue weighted by Crippen LogP contribution is 1.99. The number of carboxylic acid groups (broad SMARTS) is 1. The van der Waals surface area contributed by atoms with Crippen LogP contribution in [0.15, 0.2) is 0 Å². The molecule has 3 amide bonds. The van der Waals surface area contributed by atoms with Crippen molar-refractivity contribution in [1.82, 2.24) is 10.6 Å². The Morgan fingerprint density at radius 2 is 1.70 bits per heavy atom. The second-order valence-electron chi connectivity index (χ2n) is 4.14. The molecule has 3 N–H and O–H groups in total. The number of hydrogen-bond acceptors (Lipinski definition) is 5. The largest absolute Gasteiger partial charge is 0.481 e. The molecule has 0 aromatic rings. The molecule has 20 heavy (non-hydrogen) atoms. The lowest BCUT2D eigenvalue weighted by Gasteiger charge is -2.06. The molecule has 0 aliphatic carbocycles. The molecule has 0 bridgehead atoms. The van der Waals surface area contributed by atoms with Gasteiger partial charge < -0.3 is 10.4 Å². The van der Waals surface area contributed by atoms with Crippen LogP contribution in [0.5, 0.6) is 0 Å². The Labute approximate surface area is 117 Å². The summed E-state index contributed by atoms with van der Waals surface area (Å²) >= 11 is 0. The Morgan fingerprint density at radius 3 is 2.25 bits per heavy atom. The van der Waals surface area contributed by atoms with Gasteiger partial charge in [0.1, 0.15) is 0 Å². The van der Waals surface area contributed by atoms with Gasteiger partial charge >= 0.3 is 12.0 Å². The second kappa shape index (κ2) is 9.29. The van der Waals surface area contributed by atoms with Crippen molar-refractivity contribution in [1.29, 1.82) is 0 Å². The average molecular weight is 308 g/mol. The van der Waals surface area contributed by atoms with Gasteiger partial charge in [-0.1, -0.05) is 6.92 Å². The highest BCUT2D eigenvalue weighted by molar-refractivity contribution is 7.91. The minimum absolute atomic E-state index is 0.00118. The van der Waals surface area contributed by atoms with E-state index in [-0.39, 0.29) is 30.9 Å². The monoisotopic (exact) mass is 308 g/mol. The summed E-state index contributed by atoms with van der Waals surface area (Å²) in [4.78, 5) is 32.7. The number of hydrogen-bond donors (Lipinski definition) is 3. The summed E-state index contributed by atoms with van der Waals surface area (Å²) in [6.45, 7) is 1.45. The number of sulfone groups is 1. The number of nitrogens with one attached hydrogen (secondary N) is 2. The number of unbranched alkanes of at least 4 members (excludes halogenated alkanes) is 1. The summed E-state index contributed by atoms with van der Waals surface area (Å²) in [5, 5.41) is 12.7. The van der Waals surface area contributed by atoms with Crippen LogP contribution in [0.2, 0.25) is 0 Å². The lowest BCUT2D eigenvalue weighted by Crippen LogP contribution is -2.41. The maximum absolute atomic E-state index is 11.3. The first-order valence-corrected chi connectivity index (χ1v) is 8.09. The number of urea groups is 1. The standard InChI is InChI=1S/C11H20N2O6S/c1-2-20(18,19)8-7-12-11(17)13-9(14)5-3-4-6-10(15)16/h2-8H2,1H3,(H,15,16)(H2,12,13,14,17). The fourth-order valence-corrected chi connectivity index (χ4v) is 1.96. The molecule has 0 aromatic carbocycles. The first-order valence-electron chi connectivity index (χ1n) is 6.26. The zero-order valence-corrected chi connectivity index (χ0v) is 12.2. The van der Waals surface area contributed by atoms with Crippen LogP contribution < -0.4 is 10.6 Å². The summed E-state index contributed by atoms with van der Waals surface area (Å²) < 4.78 is 22.3. The molecule has 0 unspecified atom stereocenters. The Bertz CT molecular complexity index is 446. The van der Waals surface area contributed by atoms with Crippen LogP contribution in [0.3, 0.4) is 0 Å². The zero-order chi connectivity index (χ0) is 15.6. The van der Waals surface area contributed by atoms with Crippen molar-refractivity contribution >= 4 is 27.7 Å². The van der Waals surface area contributed by atoms with Crippen molar-refractivity contribution in [3.63, 3.8) is 0 Å². The molecule has 0 saturated carbocycles. The molecular formula is C11H20N2O6S. The van der Waals surface area contributed by atoms with Crippen LogP contribution in [0.4, 0.5) is 4.79 Å². The third-order valence-electron chi connectivity index (χ3n) is 2.44. The van der Waals surface area contributed by atoms with Gasteiger partial charge in [0.15, 0.2) is 9.84 Å². The van der Waals surface area contributed by atoms with Crippen LogP contribution in [-0.4, -0.2) is 49.5 Å². The van der Waals surface area contributed by atoms with Crippen molar-refractivity contribution in [3.05, 3.63) is 0 Å². The Hall–Kier alpha value is -1.64. The van der Waals surface area contributed by atoms with Gasteiger partial charge in [-0.05, 0) is 12.8 Å². The predicted octanol–water partition coefficient (Wildman–Crippen LogP) is -0.108. The number of rotatable bonds is 9. The molecule has 0 aliphatic heterocycles. The number of aliphatic carboxylic acids is 1. The van der Waals surface area contributed by atoms with E-state index in [9.17, 15) is 22.8 Å².